The predicted molar refractivity (Wildman–Crippen MR) is 76.4 cm³/mol. The molecule has 8 nitrogen and oxygen atoms in total. The Morgan fingerprint density at radius 1 is 1.33 bits per heavy atom. The number of sulfone groups is 1. The van der Waals surface area contributed by atoms with Gasteiger partial charge in [-0.1, -0.05) is 0 Å². The van der Waals surface area contributed by atoms with Gasteiger partial charge < -0.3 is 20.4 Å². The lowest BCUT2D eigenvalue weighted by molar-refractivity contribution is 0.0696. The third-order valence-electron chi connectivity index (χ3n) is 2.63. The van der Waals surface area contributed by atoms with Gasteiger partial charge in [0.05, 0.1) is 17.0 Å². The molecule has 2 amide bonds. The number of anilines is 1. The van der Waals surface area contributed by atoms with E-state index in [-0.39, 0.29) is 29.3 Å². The molecular formula is C12H16N2O6S. The van der Waals surface area contributed by atoms with Crippen molar-refractivity contribution in [2.75, 3.05) is 30.9 Å². The third-order valence-corrected chi connectivity index (χ3v) is 3.55. The largest absolute Gasteiger partial charge is 0.506 e. The van der Waals surface area contributed by atoms with E-state index in [9.17, 15) is 23.1 Å². The quantitative estimate of drug-likeness (QED) is 0.683. The van der Waals surface area contributed by atoms with Gasteiger partial charge in [-0.15, -0.1) is 0 Å². The Kier molecular flexibility index (Phi) is 5.14. The molecule has 0 heterocycles. The molecule has 0 aliphatic carbocycles. The highest BCUT2D eigenvalue weighted by Gasteiger charge is 2.14. The van der Waals surface area contributed by atoms with Crippen LogP contribution in [-0.2, 0) is 9.84 Å². The second-order valence-corrected chi connectivity index (χ2v) is 6.78. The number of carboxylic acid groups (broad SMARTS) is 1. The van der Waals surface area contributed by atoms with Gasteiger partial charge >= 0.3 is 12.0 Å². The van der Waals surface area contributed by atoms with Gasteiger partial charge in [-0.05, 0) is 18.2 Å². The number of rotatable bonds is 5. The number of nitrogens with zero attached hydrogens (tertiary/aromatic N) is 1. The molecule has 0 fully saturated rings. The number of urea groups is 1. The maximum atomic E-state index is 11.8. The summed E-state index contributed by atoms with van der Waals surface area (Å²) < 4.78 is 22.0. The topological polar surface area (TPSA) is 124 Å². The highest BCUT2D eigenvalue weighted by Crippen LogP contribution is 2.24. The van der Waals surface area contributed by atoms with Crippen molar-refractivity contribution in [1.82, 2.24) is 4.90 Å². The minimum atomic E-state index is -3.19. The number of nitrogens with one attached hydrogen (secondary N) is 1. The molecule has 0 saturated carbocycles. The Morgan fingerprint density at radius 2 is 1.95 bits per heavy atom. The molecule has 0 aliphatic heterocycles. The minimum Gasteiger partial charge on any atom is -0.506 e. The first kappa shape index (κ1) is 16.8. The predicted octanol–water partition coefficient (Wildman–Crippen LogP) is 0.599. The average molecular weight is 316 g/mol. The van der Waals surface area contributed by atoms with Crippen molar-refractivity contribution in [1.29, 1.82) is 0 Å². The molecular weight excluding hydrogens is 300 g/mol. The van der Waals surface area contributed by atoms with Gasteiger partial charge in [-0.2, -0.15) is 0 Å². The van der Waals surface area contributed by atoms with Crippen LogP contribution in [0, 0.1) is 0 Å². The van der Waals surface area contributed by atoms with E-state index in [0.29, 0.717) is 0 Å². The van der Waals surface area contributed by atoms with Crippen molar-refractivity contribution in [2.24, 2.45) is 0 Å². The zero-order valence-electron chi connectivity index (χ0n) is 11.5. The van der Waals surface area contributed by atoms with Crippen molar-refractivity contribution in [3.8, 4) is 5.75 Å². The molecule has 0 aromatic heterocycles. The Balaban J connectivity index is 2.72. The fourth-order valence-corrected chi connectivity index (χ4v) is 1.99. The lowest BCUT2D eigenvalue weighted by Crippen LogP contribution is -2.34. The molecule has 3 N–H and O–H groups in total. The van der Waals surface area contributed by atoms with E-state index in [2.05, 4.69) is 5.32 Å². The van der Waals surface area contributed by atoms with Gasteiger partial charge in [0, 0.05) is 19.8 Å². The first-order valence-corrected chi connectivity index (χ1v) is 7.92. The summed E-state index contributed by atoms with van der Waals surface area (Å²) in [4.78, 5) is 23.6. The van der Waals surface area contributed by atoms with Crippen molar-refractivity contribution in [2.45, 2.75) is 0 Å². The van der Waals surface area contributed by atoms with Crippen LogP contribution in [0.25, 0.3) is 0 Å². The summed E-state index contributed by atoms with van der Waals surface area (Å²) in [6.45, 7) is -0.00135. The van der Waals surface area contributed by atoms with E-state index >= 15 is 0 Å². The summed E-state index contributed by atoms with van der Waals surface area (Å²) in [5.41, 5.74) is -0.0767. The van der Waals surface area contributed by atoms with Crippen molar-refractivity contribution in [3.05, 3.63) is 23.8 Å². The molecule has 0 saturated heterocycles. The van der Waals surface area contributed by atoms with E-state index in [1.54, 1.807) is 0 Å². The van der Waals surface area contributed by atoms with Crippen molar-refractivity contribution < 1.29 is 28.2 Å². The molecule has 21 heavy (non-hydrogen) atoms. The molecule has 9 heteroatoms. The van der Waals surface area contributed by atoms with Gasteiger partial charge in [-0.25, -0.2) is 18.0 Å². The van der Waals surface area contributed by atoms with Crippen molar-refractivity contribution in [3.63, 3.8) is 0 Å². The van der Waals surface area contributed by atoms with Crippen molar-refractivity contribution >= 4 is 27.5 Å². The molecule has 116 valence electrons. The van der Waals surface area contributed by atoms with Crippen LogP contribution in [0.4, 0.5) is 10.5 Å². The van der Waals surface area contributed by atoms with E-state index in [4.69, 9.17) is 5.11 Å². The number of amides is 2. The van der Waals surface area contributed by atoms with Crippen LogP contribution < -0.4 is 5.32 Å². The maximum Gasteiger partial charge on any atom is 0.335 e. The normalized spacial score (nSPS) is 11.0. The molecule has 0 spiro atoms. The van der Waals surface area contributed by atoms with Gasteiger partial charge in [0.1, 0.15) is 15.6 Å². The van der Waals surface area contributed by atoms with Crippen LogP contribution in [0.1, 0.15) is 10.4 Å². The second kappa shape index (κ2) is 6.44. The number of hydrogen-bond donors (Lipinski definition) is 3. The molecule has 0 bridgehead atoms. The fraction of sp³-hybridized carbons (Fsp3) is 0.333. The Labute approximate surface area is 121 Å². The fourth-order valence-electron chi connectivity index (χ4n) is 1.39. The summed E-state index contributed by atoms with van der Waals surface area (Å²) in [7, 11) is -1.78. The second-order valence-electron chi connectivity index (χ2n) is 4.52. The average Bonchev–Trinajstić information content (AvgIpc) is 2.37. The van der Waals surface area contributed by atoms with E-state index < -0.39 is 21.8 Å². The summed E-state index contributed by atoms with van der Waals surface area (Å²) in [5, 5.41) is 20.8. The SMILES string of the molecule is CN(CCS(C)(=O)=O)C(=O)Nc1ccc(C(=O)O)cc1O. The molecule has 0 atom stereocenters. The van der Waals surface area contributed by atoms with Crippen LogP contribution in [0.5, 0.6) is 5.75 Å². The lowest BCUT2D eigenvalue weighted by atomic mass is 10.2. The number of aromatic hydroxyl groups is 1. The van der Waals surface area contributed by atoms with Crippen LogP contribution in [0.3, 0.4) is 0 Å². The number of phenols is 1. The standard InChI is InChI=1S/C12H16N2O6S/c1-14(5-6-21(2,19)20)12(18)13-9-4-3-8(11(16)17)7-10(9)15/h3-4,7,15H,5-6H2,1-2H3,(H,13,18)(H,16,17). The van der Waals surface area contributed by atoms with Gasteiger partial charge in [0.25, 0.3) is 0 Å². The molecule has 0 aliphatic rings. The van der Waals surface area contributed by atoms with E-state index in [1.807, 2.05) is 0 Å². The monoisotopic (exact) mass is 316 g/mol. The number of carbonyl (C=O) groups is 2. The number of carbonyl (C=O) groups excluding carboxylic acids is 1. The van der Waals surface area contributed by atoms with Crippen LogP contribution in [0.2, 0.25) is 0 Å². The molecule has 0 unspecified atom stereocenters. The number of aromatic carboxylic acids is 1. The van der Waals surface area contributed by atoms with E-state index in [1.165, 1.54) is 19.2 Å². The van der Waals surface area contributed by atoms with Crippen LogP contribution >= 0.6 is 0 Å². The van der Waals surface area contributed by atoms with Gasteiger partial charge in [0.15, 0.2) is 0 Å². The summed E-state index contributed by atoms with van der Waals surface area (Å²) >= 11 is 0. The minimum absolute atomic E-state index is 0.00135. The summed E-state index contributed by atoms with van der Waals surface area (Å²) in [6.07, 6.45) is 1.06. The van der Waals surface area contributed by atoms with Gasteiger partial charge in [0.2, 0.25) is 0 Å². The number of carboxylic acids is 1. The third kappa shape index (κ3) is 5.30. The molecule has 1 rings (SSSR count). The first-order chi connectivity index (χ1) is 9.60. The highest BCUT2D eigenvalue weighted by molar-refractivity contribution is 7.90. The zero-order chi connectivity index (χ0) is 16.2. The molecule has 1 aromatic rings. The lowest BCUT2D eigenvalue weighted by Gasteiger charge is -2.18. The van der Waals surface area contributed by atoms with Gasteiger partial charge in [-0.3, -0.25) is 0 Å². The Hall–Kier alpha value is -2.29. The smallest absolute Gasteiger partial charge is 0.335 e. The molecule has 1 aromatic carbocycles. The number of benzene rings is 1. The Morgan fingerprint density at radius 3 is 2.43 bits per heavy atom. The zero-order valence-corrected chi connectivity index (χ0v) is 12.3. The van der Waals surface area contributed by atoms with Crippen LogP contribution in [0.15, 0.2) is 18.2 Å². The first-order valence-electron chi connectivity index (χ1n) is 5.86. The number of phenolic OH excluding ortho intramolecular Hbond substituents is 1. The molecule has 0 radical (unpaired) electrons. The maximum absolute atomic E-state index is 11.8. The summed E-state index contributed by atoms with van der Waals surface area (Å²) in [6, 6.07) is 2.88. The van der Waals surface area contributed by atoms with Crippen LogP contribution in [-0.4, -0.2) is 61.1 Å². The Bertz CT molecular complexity index is 656. The summed E-state index contributed by atoms with van der Waals surface area (Å²) in [5.74, 6) is -1.77. The highest BCUT2D eigenvalue weighted by atomic mass is 32.2. The van der Waals surface area contributed by atoms with E-state index in [0.717, 1.165) is 17.2 Å². The number of hydrogen-bond acceptors (Lipinski definition) is 5.